The first-order chi connectivity index (χ1) is 13.8. The number of benzene rings is 1. The van der Waals surface area contributed by atoms with E-state index in [0.717, 1.165) is 36.1 Å². The molecule has 0 spiro atoms. The molecule has 0 saturated heterocycles. The van der Waals surface area contributed by atoms with Crippen molar-refractivity contribution in [2.24, 2.45) is 11.8 Å². The molecule has 3 rings (SSSR count). The monoisotopic (exact) mass is 380 g/mol. The van der Waals surface area contributed by atoms with Gasteiger partial charge in [-0.3, -0.25) is 0 Å². The molecule has 152 valence electrons. The van der Waals surface area contributed by atoms with Crippen molar-refractivity contribution in [2.45, 2.75) is 78.1 Å². The topological polar surface area (TPSA) is 35.0 Å². The highest BCUT2D eigenvalue weighted by Gasteiger charge is 2.19. The van der Waals surface area contributed by atoms with Crippen LogP contribution < -0.4 is 4.74 Å². The summed E-state index contributed by atoms with van der Waals surface area (Å²) in [6, 6.07) is 12.8. The quantitative estimate of drug-likeness (QED) is 0.422. The molecule has 28 heavy (non-hydrogen) atoms. The lowest BCUT2D eigenvalue weighted by Crippen LogP contribution is -2.14. The van der Waals surface area contributed by atoms with E-state index >= 15 is 0 Å². The number of aryl methyl sites for hydroxylation is 1. The third-order valence-electron chi connectivity index (χ3n) is 6.27. The molecule has 1 aliphatic carbocycles. The number of nitrogens with zero attached hydrogens (tertiary/aromatic N) is 2. The molecule has 1 heterocycles. The van der Waals surface area contributed by atoms with Gasteiger partial charge in [0.2, 0.25) is 5.88 Å². The number of aromatic nitrogens is 2. The highest BCUT2D eigenvalue weighted by Crippen LogP contribution is 2.33. The van der Waals surface area contributed by atoms with Gasteiger partial charge in [-0.2, -0.15) is 0 Å². The molecule has 1 fully saturated rings. The highest BCUT2D eigenvalue weighted by molar-refractivity contribution is 5.59. The second-order valence-corrected chi connectivity index (χ2v) is 8.34. The summed E-state index contributed by atoms with van der Waals surface area (Å²) in [5.41, 5.74) is 3.47. The van der Waals surface area contributed by atoms with Gasteiger partial charge in [-0.1, -0.05) is 83.1 Å². The third kappa shape index (κ3) is 6.32. The fourth-order valence-electron chi connectivity index (χ4n) is 4.22. The van der Waals surface area contributed by atoms with E-state index in [9.17, 15) is 0 Å². The van der Waals surface area contributed by atoms with Crippen LogP contribution in [0.5, 0.6) is 5.88 Å². The zero-order valence-electron chi connectivity index (χ0n) is 17.7. The van der Waals surface area contributed by atoms with E-state index < -0.39 is 0 Å². The van der Waals surface area contributed by atoms with Crippen molar-refractivity contribution in [2.75, 3.05) is 6.61 Å². The minimum atomic E-state index is 0.620. The van der Waals surface area contributed by atoms with Crippen molar-refractivity contribution in [3.05, 3.63) is 42.0 Å². The zero-order valence-corrected chi connectivity index (χ0v) is 17.7. The van der Waals surface area contributed by atoms with Crippen LogP contribution in [-0.4, -0.2) is 16.8 Å². The molecule has 0 unspecified atom stereocenters. The Balaban J connectivity index is 1.46. The number of unbranched alkanes of at least 4 members (excludes halogenated alkanes) is 2. The lowest BCUT2D eigenvalue weighted by atomic mass is 9.78. The lowest BCUT2D eigenvalue weighted by molar-refractivity contribution is 0.259. The van der Waals surface area contributed by atoms with Gasteiger partial charge >= 0.3 is 0 Å². The second-order valence-electron chi connectivity index (χ2n) is 8.34. The minimum Gasteiger partial charge on any atom is -0.477 e. The average molecular weight is 381 g/mol. The predicted molar refractivity (Wildman–Crippen MR) is 117 cm³/mol. The van der Waals surface area contributed by atoms with Gasteiger partial charge in [-0.05, 0) is 42.7 Å². The fraction of sp³-hybridized carbons (Fsp3) is 0.600. The van der Waals surface area contributed by atoms with Gasteiger partial charge in [0.15, 0.2) is 0 Å². The molecular weight excluding hydrogens is 344 g/mol. The van der Waals surface area contributed by atoms with Gasteiger partial charge < -0.3 is 4.74 Å². The third-order valence-corrected chi connectivity index (χ3v) is 6.27. The van der Waals surface area contributed by atoms with Gasteiger partial charge in [-0.25, -0.2) is 0 Å². The molecule has 1 saturated carbocycles. The summed E-state index contributed by atoms with van der Waals surface area (Å²) in [6.45, 7) is 5.25. The Morgan fingerprint density at radius 2 is 1.61 bits per heavy atom. The van der Waals surface area contributed by atoms with Gasteiger partial charge in [0.25, 0.3) is 0 Å². The van der Waals surface area contributed by atoms with Gasteiger partial charge in [-0.15, -0.1) is 10.2 Å². The Bertz CT molecular complexity index is 673. The SMILES string of the molecule is CCCCCOc1ccc(-c2ccc(CCC3CCC(CC)CC3)cc2)nn1. The smallest absolute Gasteiger partial charge is 0.233 e. The summed E-state index contributed by atoms with van der Waals surface area (Å²) in [5, 5.41) is 8.55. The summed E-state index contributed by atoms with van der Waals surface area (Å²) >= 11 is 0. The van der Waals surface area contributed by atoms with Crippen LogP contribution in [0, 0.1) is 11.8 Å². The van der Waals surface area contributed by atoms with Crippen molar-refractivity contribution in [3.63, 3.8) is 0 Å². The first-order valence-corrected chi connectivity index (χ1v) is 11.3. The molecule has 3 nitrogen and oxygen atoms in total. The summed E-state index contributed by atoms with van der Waals surface area (Å²) < 4.78 is 5.65. The maximum absolute atomic E-state index is 5.65. The molecule has 0 N–H and O–H groups in total. The van der Waals surface area contributed by atoms with Crippen LogP contribution in [0.2, 0.25) is 0 Å². The van der Waals surface area contributed by atoms with Gasteiger partial charge in [0.05, 0.1) is 12.3 Å². The Morgan fingerprint density at radius 3 is 2.25 bits per heavy atom. The Labute approximate surface area is 170 Å². The molecule has 1 aromatic heterocycles. The lowest BCUT2D eigenvalue weighted by Gasteiger charge is -2.27. The summed E-state index contributed by atoms with van der Waals surface area (Å²) in [5.74, 6) is 2.54. The average Bonchev–Trinajstić information content (AvgIpc) is 2.76. The number of rotatable bonds is 10. The maximum atomic E-state index is 5.65. The standard InChI is InChI=1S/C25H36N2O/c1-3-5-6-19-28-25-18-17-24(26-27-25)23-15-13-22(14-16-23)12-11-21-9-7-20(4-2)8-10-21/h13-18,20-21H,3-12,19H2,1-2H3. The van der Waals surface area contributed by atoms with Crippen LogP contribution in [0.15, 0.2) is 36.4 Å². The Kier molecular flexibility index (Phi) is 8.32. The molecule has 0 atom stereocenters. The Morgan fingerprint density at radius 1 is 0.857 bits per heavy atom. The van der Waals surface area contributed by atoms with Crippen LogP contribution in [0.3, 0.4) is 0 Å². The van der Waals surface area contributed by atoms with E-state index in [0.29, 0.717) is 5.88 Å². The van der Waals surface area contributed by atoms with Crippen LogP contribution in [0.25, 0.3) is 11.3 Å². The van der Waals surface area contributed by atoms with E-state index in [1.165, 1.54) is 63.4 Å². The van der Waals surface area contributed by atoms with E-state index in [2.05, 4.69) is 48.3 Å². The molecule has 3 heteroatoms. The van der Waals surface area contributed by atoms with Crippen molar-refractivity contribution in [1.82, 2.24) is 10.2 Å². The molecular formula is C25H36N2O. The van der Waals surface area contributed by atoms with Crippen molar-refractivity contribution in [3.8, 4) is 17.1 Å². The molecule has 1 aliphatic rings. The van der Waals surface area contributed by atoms with E-state index in [-0.39, 0.29) is 0 Å². The maximum Gasteiger partial charge on any atom is 0.233 e. The van der Waals surface area contributed by atoms with E-state index in [4.69, 9.17) is 4.74 Å². The predicted octanol–water partition coefficient (Wildman–Crippen LogP) is 6.86. The fourth-order valence-corrected chi connectivity index (χ4v) is 4.22. The molecule has 1 aromatic carbocycles. The number of ether oxygens (including phenoxy) is 1. The highest BCUT2D eigenvalue weighted by atomic mass is 16.5. The molecule has 2 aromatic rings. The van der Waals surface area contributed by atoms with Crippen molar-refractivity contribution < 1.29 is 4.74 Å². The first kappa shape index (κ1) is 20.8. The largest absolute Gasteiger partial charge is 0.477 e. The first-order valence-electron chi connectivity index (χ1n) is 11.3. The molecule has 0 bridgehead atoms. The minimum absolute atomic E-state index is 0.620. The summed E-state index contributed by atoms with van der Waals surface area (Å²) in [4.78, 5) is 0. The van der Waals surface area contributed by atoms with Crippen LogP contribution in [0.4, 0.5) is 0 Å². The van der Waals surface area contributed by atoms with Crippen LogP contribution in [-0.2, 0) is 6.42 Å². The van der Waals surface area contributed by atoms with Gasteiger partial charge in [0.1, 0.15) is 0 Å². The zero-order chi connectivity index (χ0) is 19.6. The number of hydrogen-bond donors (Lipinski definition) is 0. The molecule has 0 radical (unpaired) electrons. The Hall–Kier alpha value is -1.90. The normalized spacial score (nSPS) is 19.5. The second kappa shape index (κ2) is 11.2. The van der Waals surface area contributed by atoms with Crippen LogP contribution >= 0.6 is 0 Å². The van der Waals surface area contributed by atoms with Gasteiger partial charge in [0, 0.05) is 11.6 Å². The molecule has 0 amide bonds. The summed E-state index contributed by atoms with van der Waals surface area (Å²) in [7, 11) is 0. The summed E-state index contributed by atoms with van der Waals surface area (Å²) in [6.07, 6.45) is 13.1. The molecule has 0 aliphatic heterocycles. The van der Waals surface area contributed by atoms with E-state index in [1.807, 2.05) is 12.1 Å². The van der Waals surface area contributed by atoms with E-state index in [1.54, 1.807) is 0 Å². The number of hydrogen-bond acceptors (Lipinski definition) is 3. The van der Waals surface area contributed by atoms with Crippen molar-refractivity contribution in [1.29, 1.82) is 0 Å². The van der Waals surface area contributed by atoms with Crippen LogP contribution in [0.1, 0.15) is 77.2 Å². The van der Waals surface area contributed by atoms with Crippen molar-refractivity contribution >= 4 is 0 Å².